The lowest BCUT2D eigenvalue weighted by molar-refractivity contribution is 0.105. The molecule has 0 N–H and O–H groups in total. The van der Waals surface area contributed by atoms with Crippen LogP contribution in [0.25, 0.3) is 0 Å². The number of hydrogen-bond donors (Lipinski definition) is 0. The molecule has 0 aliphatic heterocycles. The first-order chi connectivity index (χ1) is 10.4. The zero-order valence-electron chi connectivity index (χ0n) is 12.6. The van der Waals surface area contributed by atoms with E-state index in [-0.39, 0.29) is 0 Å². The lowest BCUT2D eigenvalue weighted by Gasteiger charge is -2.22. The Balaban J connectivity index is 1.61. The van der Waals surface area contributed by atoms with E-state index >= 15 is 0 Å². The maximum atomic E-state index is 5.64. The normalized spacial score (nSPS) is 10.3. The summed E-state index contributed by atoms with van der Waals surface area (Å²) in [4.78, 5) is 2.30. The summed E-state index contributed by atoms with van der Waals surface area (Å²) in [5, 5.41) is 0. The van der Waals surface area contributed by atoms with Crippen molar-refractivity contribution in [3.05, 3.63) is 60.7 Å². The maximum Gasteiger partial charge on any atom is 0.119 e. The number of benzene rings is 2. The standard InChI is InChI=1S/C18H23NO2/c1-2-19(17-9-5-3-6-10-17)13-14-20-15-16-21-18-11-7-4-8-12-18/h3-12H,2,13-16H2,1H3. The monoisotopic (exact) mass is 285 g/mol. The minimum atomic E-state index is 0.585. The molecule has 2 aromatic carbocycles. The molecule has 0 amide bonds. The van der Waals surface area contributed by atoms with Crippen LogP contribution in [0, 0.1) is 0 Å². The van der Waals surface area contributed by atoms with E-state index in [9.17, 15) is 0 Å². The molecule has 0 bridgehead atoms. The average molecular weight is 285 g/mol. The summed E-state index contributed by atoms with van der Waals surface area (Å²) >= 11 is 0. The van der Waals surface area contributed by atoms with Crippen LogP contribution in [-0.4, -0.2) is 32.9 Å². The molecule has 2 aromatic rings. The minimum Gasteiger partial charge on any atom is -0.491 e. The smallest absolute Gasteiger partial charge is 0.119 e. The number of nitrogens with zero attached hydrogens (tertiary/aromatic N) is 1. The molecule has 21 heavy (non-hydrogen) atoms. The van der Waals surface area contributed by atoms with Crippen LogP contribution in [-0.2, 0) is 4.74 Å². The summed E-state index contributed by atoms with van der Waals surface area (Å²) in [6, 6.07) is 20.2. The minimum absolute atomic E-state index is 0.585. The highest BCUT2D eigenvalue weighted by Crippen LogP contribution is 2.12. The highest BCUT2D eigenvalue weighted by Gasteiger charge is 2.02. The van der Waals surface area contributed by atoms with Gasteiger partial charge in [0, 0.05) is 18.8 Å². The first-order valence-electron chi connectivity index (χ1n) is 7.45. The zero-order valence-corrected chi connectivity index (χ0v) is 12.6. The predicted molar refractivity (Wildman–Crippen MR) is 87.1 cm³/mol. The van der Waals surface area contributed by atoms with Gasteiger partial charge in [0.15, 0.2) is 0 Å². The van der Waals surface area contributed by atoms with Crippen LogP contribution in [0.1, 0.15) is 6.92 Å². The molecule has 0 unspecified atom stereocenters. The Morgan fingerprint density at radius 2 is 1.48 bits per heavy atom. The number of anilines is 1. The largest absolute Gasteiger partial charge is 0.491 e. The van der Waals surface area contributed by atoms with Gasteiger partial charge in [0.2, 0.25) is 0 Å². The molecule has 0 spiro atoms. The number of rotatable bonds is 9. The van der Waals surface area contributed by atoms with E-state index in [1.54, 1.807) is 0 Å². The fourth-order valence-electron chi connectivity index (χ4n) is 2.12. The van der Waals surface area contributed by atoms with Gasteiger partial charge in [-0.3, -0.25) is 0 Å². The highest BCUT2D eigenvalue weighted by molar-refractivity contribution is 5.45. The van der Waals surface area contributed by atoms with Crippen molar-refractivity contribution in [1.82, 2.24) is 0 Å². The molecule has 3 nitrogen and oxygen atoms in total. The molecule has 0 heterocycles. The van der Waals surface area contributed by atoms with Crippen LogP contribution < -0.4 is 9.64 Å². The molecule has 2 rings (SSSR count). The first-order valence-corrected chi connectivity index (χ1v) is 7.45. The van der Waals surface area contributed by atoms with Crippen LogP contribution in [0.4, 0.5) is 5.69 Å². The fourth-order valence-corrected chi connectivity index (χ4v) is 2.12. The number of para-hydroxylation sites is 2. The van der Waals surface area contributed by atoms with E-state index in [1.807, 2.05) is 36.4 Å². The van der Waals surface area contributed by atoms with E-state index in [1.165, 1.54) is 5.69 Å². The van der Waals surface area contributed by atoms with Gasteiger partial charge in [-0.15, -0.1) is 0 Å². The van der Waals surface area contributed by atoms with Gasteiger partial charge in [0.1, 0.15) is 12.4 Å². The van der Waals surface area contributed by atoms with Crippen LogP contribution in [0.15, 0.2) is 60.7 Å². The molecular formula is C18H23NO2. The van der Waals surface area contributed by atoms with Gasteiger partial charge in [-0.1, -0.05) is 36.4 Å². The van der Waals surface area contributed by atoms with Crippen molar-refractivity contribution in [3.63, 3.8) is 0 Å². The summed E-state index contributed by atoms with van der Waals surface area (Å²) in [7, 11) is 0. The lowest BCUT2D eigenvalue weighted by atomic mass is 10.3. The van der Waals surface area contributed by atoms with Gasteiger partial charge in [-0.25, -0.2) is 0 Å². The van der Waals surface area contributed by atoms with Crippen molar-refractivity contribution < 1.29 is 9.47 Å². The second-order valence-electron chi connectivity index (χ2n) is 4.69. The topological polar surface area (TPSA) is 21.7 Å². The Bertz CT molecular complexity index is 487. The lowest BCUT2D eigenvalue weighted by Crippen LogP contribution is -2.27. The predicted octanol–water partition coefficient (Wildman–Crippen LogP) is 3.61. The molecule has 0 radical (unpaired) electrons. The first kappa shape index (κ1) is 15.4. The molecule has 0 atom stereocenters. The number of hydrogen-bond acceptors (Lipinski definition) is 3. The van der Waals surface area contributed by atoms with Gasteiger partial charge in [-0.2, -0.15) is 0 Å². The summed E-state index contributed by atoms with van der Waals surface area (Å²) < 4.78 is 11.2. The van der Waals surface area contributed by atoms with Crippen molar-refractivity contribution in [1.29, 1.82) is 0 Å². The van der Waals surface area contributed by atoms with Crippen LogP contribution in [0.5, 0.6) is 5.75 Å². The maximum absolute atomic E-state index is 5.64. The van der Waals surface area contributed by atoms with Gasteiger partial charge in [-0.05, 0) is 31.2 Å². The molecule has 0 saturated heterocycles. The summed E-state index contributed by atoms with van der Waals surface area (Å²) in [6.07, 6.45) is 0. The third kappa shape index (κ3) is 5.48. The fraction of sp³-hybridized carbons (Fsp3) is 0.333. The Kier molecular flexibility index (Phi) is 6.62. The molecule has 0 fully saturated rings. The second kappa shape index (κ2) is 9.03. The highest BCUT2D eigenvalue weighted by atomic mass is 16.5. The number of likely N-dealkylation sites (N-methyl/N-ethyl adjacent to an activating group) is 1. The van der Waals surface area contributed by atoms with Crippen LogP contribution in [0.2, 0.25) is 0 Å². The van der Waals surface area contributed by atoms with Crippen molar-refractivity contribution in [2.75, 3.05) is 37.8 Å². The molecule has 0 aliphatic carbocycles. The van der Waals surface area contributed by atoms with Crippen molar-refractivity contribution in [3.8, 4) is 5.75 Å². The Morgan fingerprint density at radius 3 is 2.14 bits per heavy atom. The summed E-state index contributed by atoms with van der Waals surface area (Å²) in [6.45, 7) is 5.94. The molecule has 0 aliphatic rings. The second-order valence-corrected chi connectivity index (χ2v) is 4.69. The quantitative estimate of drug-likeness (QED) is 0.657. The van der Waals surface area contributed by atoms with E-state index in [0.717, 1.165) is 18.8 Å². The van der Waals surface area contributed by atoms with E-state index < -0.39 is 0 Å². The van der Waals surface area contributed by atoms with Gasteiger partial charge in [0.25, 0.3) is 0 Å². The molecular weight excluding hydrogens is 262 g/mol. The summed E-state index contributed by atoms with van der Waals surface area (Å²) in [5.41, 5.74) is 1.24. The van der Waals surface area contributed by atoms with Crippen molar-refractivity contribution in [2.24, 2.45) is 0 Å². The SMILES string of the molecule is CCN(CCOCCOc1ccccc1)c1ccccc1. The van der Waals surface area contributed by atoms with Gasteiger partial charge in [0.05, 0.1) is 13.2 Å². The van der Waals surface area contributed by atoms with E-state index in [0.29, 0.717) is 19.8 Å². The van der Waals surface area contributed by atoms with Crippen LogP contribution >= 0.6 is 0 Å². The van der Waals surface area contributed by atoms with Crippen LogP contribution in [0.3, 0.4) is 0 Å². The van der Waals surface area contributed by atoms with Crippen molar-refractivity contribution in [2.45, 2.75) is 6.92 Å². The Hall–Kier alpha value is -2.00. The zero-order chi connectivity index (χ0) is 14.8. The molecule has 0 saturated carbocycles. The van der Waals surface area contributed by atoms with Gasteiger partial charge < -0.3 is 14.4 Å². The Labute approximate surface area is 127 Å². The van der Waals surface area contributed by atoms with E-state index in [2.05, 4.69) is 36.1 Å². The van der Waals surface area contributed by atoms with Gasteiger partial charge >= 0.3 is 0 Å². The summed E-state index contributed by atoms with van der Waals surface area (Å²) in [5.74, 6) is 0.889. The third-order valence-corrected chi connectivity index (χ3v) is 3.25. The molecule has 112 valence electrons. The third-order valence-electron chi connectivity index (χ3n) is 3.25. The Morgan fingerprint density at radius 1 is 0.810 bits per heavy atom. The number of ether oxygens (including phenoxy) is 2. The van der Waals surface area contributed by atoms with Crippen molar-refractivity contribution >= 4 is 5.69 Å². The molecule has 3 heteroatoms. The van der Waals surface area contributed by atoms with E-state index in [4.69, 9.17) is 9.47 Å². The average Bonchev–Trinajstić information content (AvgIpc) is 2.56. The molecule has 0 aromatic heterocycles.